The predicted octanol–water partition coefficient (Wildman–Crippen LogP) is 3.70. The summed E-state index contributed by atoms with van der Waals surface area (Å²) in [7, 11) is 0. The molecule has 2 atom stereocenters. The van der Waals surface area contributed by atoms with Crippen LogP contribution in [0.3, 0.4) is 0 Å². The predicted molar refractivity (Wildman–Crippen MR) is 107 cm³/mol. The Morgan fingerprint density at radius 3 is 1.44 bits per heavy atom. The number of carbonyl (C=O) groups is 2. The van der Waals surface area contributed by atoms with Crippen LogP contribution < -0.4 is 0 Å². The zero-order valence-electron chi connectivity index (χ0n) is 17.6. The summed E-state index contributed by atoms with van der Waals surface area (Å²) in [6.45, 7) is 3.66. The molecule has 1 aliphatic rings. The Morgan fingerprint density at radius 2 is 1.19 bits per heavy atom. The van der Waals surface area contributed by atoms with E-state index in [4.69, 9.17) is 0 Å². The molecule has 5 nitrogen and oxygen atoms in total. The summed E-state index contributed by atoms with van der Waals surface area (Å²) in [5.74, 6) is -1.11. The molecule has 27 heavy (non-hydrogen) atoms. The normalized spacial score (nSPS) is 12.6. The maximum atomic E-state index is 12.3. The Bertz CT molecular complexity index is 489. The van der Waals surface area contributed by atoms with Crippen molar-refractivity contribution in [2.75, 3.05) is 0 Å². The Kier molecular flexibility index (Phi) is 31.7. The molecule has 2 N–H and O–H groups in total. The molecule has 0 fully saturated rings. The Balaban J connectivity index is -0.0000001000. The van der Waals surface area contributed by atoms with Gasteiger partial charge in [-0.2, -0.15) is 0 Å². The SMILES string of the molecule is CC[C@H](C)C(C(O)O)N1C(=O)c2ccccc2C1=O.[CH3-].[CH3-].[CH3-].[CH3-].[CH3-].[CH3-].[Rh+3].[Rh+3]. The first kappa shape index (κ1) is 45.3. The third-order valence-electron chi connectivity index (χ3n) is 3.66. The number of aliphatic hydroxyl groups is 2. The minimum atomic E-state index is -1.74. The van der Waals surface area contributed by atoms with Gasteiger partial charge in [0, 0.05) is 0 Å². The van der Waals surface area contributed by atoms with Crippen molar-refractivity contribution in [1.29, 1.82) is 0 Å². The van der Waals surface area contributed by atoms with Gasteiger partial charge in [-0.1, -0.05) is 32.4 Å². The van der Waals surface area contributed by atoms with E-state index in [1.807, 2.05) is 6.92 Å². The van der Waals surface area contributed by atoms with E-state index in [1.165, 1.54) is 0 Å². The zero-order chi connectivity index (χ0) is 14.2. The van der Waals surface area contributed by atoms with Crippen molar-refractivity contribution in [3.8, 4) is 0 Å². The third-order valence-corrected chi connectivity index (χ3v) is 3.66. The van der Waals surface area contributed by atoms with Gasteiger partial charge in [-0.3, -0.25) is 14.5 Å². The number of nitrogens with zero attached hydrogens (tertiary/aromatic N) is 1. The number of benzene rings is 1. The van der Waals surface area contributed by atoms with Crippen molar-refractivity contribution in [3.05, 3.63) is 80.0 Å². The summed E-state index contributed by atoms with van der Waals surface area (Å²) in [5.41, 5.74) is 0.642. The van der Waals surface area contributed by atoms with Crippen LogP contribution in [-0.4, -0.2) is 39.3 Å². The maximum Gasteiger partial charge on any atom is 3.00 e. The van der Waals surface area contributed by atoms with Gasteiger partial charge in [0.25, 0.3) is 11.8 Å². The fourth-order valence-corrected chi connectivity index (χ4v) is 2.40. The molecule has 0 saturated heterocycles. The first-order chi connectivity index (χ1) is 8.99. The van der Waals surface area contributed by atoms with E-state index in [1.54, 1.807) is 31.2 Å². The molecule has 2 amide bonds. The number of hydrogen-bond donors (Lipinski definition) is 2. The van der Waals surface area contributed by atoms with Crippen molar-refractivity contribution in [1.82, 2.24) is 4.90 Å². The van der Waals surface area contributed by atoms with Gasteiger partial charge in [0.2, 0.25) is 0 Å². The summed E-state index contributed by atoms with van der Waals surface area (Å²) in [5, 5.41) is 19.0. The quantitative estimate of drug-likeness (QED) is 0.256. The minimum absolute atomic E-state index is 0. The Labute approximate surface area is 193 Å². The molecule has 1 unspecified atom stereocenters. The van der Waals surface area contributed by atoms with Gasteiger partial charge in [-0.15, -0.1) is 0 Å². The molecule has 162 valence electrons. The van der Waals surface area contributed by atoms with Crippen LogP contribution in [-0.2, 0) is 39.0 Å². The van der Waals surface area contributed by atoms with Gasteiger partial charge < -0.3 is 54.8 Å². The number of hydrogen-bond acceptors (Lipinski definition) is 4. The monoisotopic (exact) mass is 559 g/mol. The van der Waals surface area contributed by atoms with Gasteiger partial charge in [-0.25, -0.2) is 0 Å². The standard InChI is InChI=1S/C14H17NO4.6CH3.2Rh/c1-3-8(2)11(14(18)19)15-12(16)9-6-4-5-7-10(9)13(15)17;;;;;;;;/h4-8,11,14,18-19H,3H2,1-2H3;6*1H3;;/q;6*-1;2*+3/t8-,11?;;;;;;;;/m0......../s1. The van der Waals surface area contributed by atoms with E-state index in [0.29, 0.717) is 17.5 Å². The van der Waals surface area contributed by atoms with Gasteiger partial charge in [0.1, 0.15) is 0 Å². The smallest absolute Gasteiger partial charge is 0.366 e. The van der Waals surface area contributed by atoms with Gasteiger partial charge in [-0.05, 0) is 18.1 Å². The van der Waals surface area contributed by atoms with Crippen molar-refractivity contribution in [3.63, 3.8) is 0 Å². The number of carbonyl (C=O) groups excluding carboxylic acids is 2. The number of fused-ring (bicyclic) bond motifs is 1. The molecule has 0 aromatic heterocycles. The van der Waals surface area contributed by atoms with E-state index in [9.17, 15) is 19.8 Å². The molecule has 0 saturated carbocycles. The van der Waals surface area contributed by atoms with Gasteiger partial charge in [0.15, 0.2) is 6.29 Å². The second-order valence-electron chi connectivity index (χ2n) is 4.82. The van der Waals surface area contributed by atoms with Crippen molar-refractivity contribution in [2.24, 2.45) is 5.92 Å². The molecule has 7 heteroatoms. The first-order valence-corrected chi connectivity index (χ1v) is 6.32. The molecule has 1 aromatic carbocycles. The number of imide groups is 1. The van der Waals surface area contributed by atoms with Gasteiger partial charge in [0.05, 0.1) is 17.2 Å². The Morgan fingerprint density at radius 1 is 0.852 bits per heavy atom. The molecule has 1 aliphatic heterocycles. The van der Waals surface area contributed by atoms with Crippen molar-refractivity contribution in [2.45, 2.75) is 32.6 Å². The van der Waals surface area contributed by atoms with Crippen molar-refractivity contribution >= 4 is 11.8 Å². The fraction of sp³-hybridized carbons (Fsp3) is 0.300. The average molecular weight is 559 g/mol. The summed E-state index contributed by atoms with van der Waals surface area (Å²) in [6, 6.07) is 5.60. The van der Waals surface area contributed by atoms with E-state index in [0.717, 1.165) is 4.90 Å². The Hall–Kier alpha value is -0.473. The zero-order valence-corrected chi connectivity index (χ0v) is 20.9. The molecule has 0 bridgehead atoms. The van der Waals surface area contributed by atoms with Crippen LogP contribution in [0, 0.1) is 50.5 Å². The molecule has 1 heterocycles. The summed E-state index contributed by atoms with van der Waals surface area (Å²) >= 11 is 0. The largest absolute Gasteiger partial charge is 3.00 e. The first-order valence-electron chi connectivity index (χ1n) is 6.32. The average Bonchev–Trinajstić information content (AvgIpc) is 2.64. The number of rotatable bonds is 4. The van der Waals surface area contributed by atoms with Crippen LogP contribution in [0.25, 0.3) is 0 Å². The number of aliphatic hydroxyl groups excluding tert-OH is 1. The number of amides is 2. The van der Waals surface area contributed by atoms with E-state index in [-0.39, 0.29) is 89.4 Å². The van der Waals surface area contributed by atoms with E-state index >= 15 is 0 Å². The maximum absolute atomic E-state index is 12.3. The second-order valence-corrected chi connectivity index (χ2v) is 4.82. The summed E-state index contributed by atoms with van der Waals surface area (Å²) in [6.07, 6.45) is -1.10. The minimum Gasteiger partial charge on any atom is -0.366 e. The molecule has 0 spiro atoms. The van der Waals surface area contributed by atoms with E-state index < -0.39 is 24.1 Å². The van der Waals surface area contributed by atoms with Crippen LogP contribution in [0.5, 0.6) is 0 Å². The van der Waals surface area contributed by atoms with Crippen LogP contribution in [0.15, 0.2) is 24.3 Å². The van der Waals surface area contributed by atoms with Crippen LogP contribution >= 0.6 is 0 Å². The van der Waals surface area contributed by atoms with Crippen LogP contribution in [0.2, 0.25) is 0 Å². The van der Waals surface area contributed by atoms with Crippen LogP contribution in [0.4, 0.5) is 0 Å². The topological polar surface area (TPSA) is 77.8 Å². The second kappa shape index (κ2) is 18.9. The molecular formula is C20H35NO4Rh2. The molecule has 0 aliphatic carbocycles. The fourth-order valence-electron chi connectivity index (χ4n) is 2.40. The molecule has 2 rings (SSSR count). The van der Waals surface area contributed by atoms with Crippen molar-refractivity contribution < 1.29 is 58.8 Å². The molecule has 0 radical (unpaired) electrons. The van der Waals surface area contributed by atoms with Crippen LogP contribution in [0.1, 0.15) is 41.0 Å². The van der Waals surface area contributed by atoms with E-state index in [2.05, 4.69) is 0 Å². The molecular weight excluding hydrogens is 524 g/mol. The summed E-state index contributed by atoms with van der Waals surface area (Å²) < 4.78 is 0. The third kappa shape index (κ3) is 8.60. The summed E-state index contributed by atoms with van der Waals surface area (Å²) in [4.78, 5) is 25.5. The molecule has 1 aromatic rings. The van der Waals surface area contributed by atoms with Gasteiger partial charge >= 0.3 is 39.0 Å².